The van der Waals surface area contributed by atoms with Gasteiger partial charge in [-0.3, -0.25) is 4.79 Å². The summed E-state index contributed by atoms with van der Waals surface area (Å²) in [6.07, 6.45) is 2.59. The Hall–Kier alpha value is -4.79. The summed E-state index contributed by atoms with van der Waals surface area (Å²) < 4.78 is 5.72. The van der Waals surface area contributed by atoms with Crippen molar-refractivity contribution in [1.82, 2.24) is 20.9 Å². The minimum atomic E-state index is -1.04. The van der Waals surface area contributed by atoms with Crippen molar-refractivity contribution in [3.63, 3.8) is 0 Å². The fourth-order valence-corrected chi connectivity index (χ4v) is 5.47. The normalized spacial score (nSPS) is 12.8. The second kappa shape index (κ2) is 13.0. The minimum Gasteiger partial charge on any atom is -0.465 e. The van der Waals surface area contributed by atoms with E-state index >= 15 is 0 Å². The van der Waals surface area contributed by atoms with Gasteiger partial charge in [-0.15, -0.1) is 0 Å². The summed E-state index contributed by atoms with van der Waals surface area (Å²) in [5.74, 6) is -0.378. The number of hydrogen-bond acceptors (Lipinski definition) is 4. The Morgan fingerprint density at radius 1 is 0.829 bits per heavy atom. The number of amides is 3. The van der Waals surface area contributed by atoms with E-state index in [2.05, 4.69) is 45.2 Å². The standard InChI is InChI=1S/C32H34N4O5/c37-30(33-16-8-1-9-17-34-31(38)39)29(18-21-19-35-28-15-7-6-10-22(21)28)36-32(40)41-20-27-25-13-4-2-11-23(25)24-12-3-5-14-26(24)27/h2-7,10-15,19,27,29,34-35H,1,8-9,16-18,20H2,(H,33,37)(H,36,40)(H,38,39)/t29-/m0/s1. The maximum Gasteiger partial charge on any atom is 0.407 e. The zero-order valence-corrected chi connectivity index (χ0v) is 22.7. The second-order valence-corrected chi connectivity index (χ2v) is 10.2. The number of unbranched alkanes of at least 4 members (excludes halogenated alkanes) is 2. The Morgan fingerprint density at radius 2 is 1.46 bits per heavy atom. The highest BCUT2D eigenvalue weighted by atomic mass is 16.5. The number of hydrogen-bond donors (Lipinski definition) is 5. The van der Waals surface area contributed by atoms with Crippen LogP contribution in [-0.2, 0) is 16.0 Å². The molecular formula is C32H34N4O5. The highest BCUT2D eigenvalue weighted by Crippen LogP contribution is 2.44. The molecule has 212 valence electrons. The first-order valence-electron chi connectivity index (χ1n) is 13.9. The van der Waals surface area contributed by atoms with Crippen molar-refractivity contribution < 1.29 is 24.2 Å². The number of ether oxygens (including phenoxy) is 1. The summed E-state index contributed by atoms with van der Waals surface area (Å²) in [7, 11) is 0. The molecule has 0 spiro atoms. The van der Waals surface area contributed by atoms with Crippen LogP contribution >= 0.6 is 0 Å². The number of para-hydroxylation sites is 1. The molecule has 9 nitrogen and oxygen atoms in total. The minimum absolute atomic E-state index is 0.0790. The van der Waals surface area contributed by atoms with Crippen molar-refractivity contribution in [2.24, 2.45) is 0 Å². The third kappa shape index (κ3) is 6.69. The second-order valence-electron chi connectivity index (χ2n) is 10.2. The third-order valence-electron chi connectivity index (χ3n) is 7.48. The number of aromatic nitrogens is 1. The van der Waals surface area contributed by atoms with Crippen LogP contribution in [0.4, 0.5) is 9.59 Å². The average Bonchev–Trinajstić information content (AvgIpc) is 3.54. The fourth-order valence-electron chi connectivity index (χ4n) is 5.47. The molecule has 9 heteroatoms. The van der Waals surface area contributed by atoms with Crippen LogP contribution in [0.5, 0.6) is 0 Å². The Balaban J connectivity index is 1.22. The van der Waals surface area contributed by atoms with Crippen LogP contribution in [0.1, 0.15) is 41.9 Å². The molecule has 0 saturated carbocycles. The number of H-pyrrole nitrogens is 1. The summed E-state index contributed by atoms with van der Waals surface area (Å²) in [6.45, 7) is 0.949. The van der Waals surface area contributed by atoms with Crippen molar-refractivity contribution in [1.29, 1.82) is 0 Å². The number of carboxylic acid groups (broad SMARTS) is 1. The topological polar surface area (TPSA) is 133 Å². The van der Waals surface area contributed by atoms with Gasteiger partial charge in [0, 0.05) is 42.5 Å². The van der Waals surface area contributed by atoms with Crippen molar-refractivity contribution in [3.05, 3.63) is 95.7 Å². The highest BCUT2D eigenvalue weighted by molar-refractivity contribution is 5.88. The molecule has 0 unspecified atom stereocenters. The first-order chi connectivity index (χ1) is 20.0. The van der Waals surface area contributed by atoms with E-state index < -0.39 is 18.2 Å². The SMILES string of the molecule is O=C(O)NCCCCCNC(=O)[C@H](Cc1c[nH]c2ccccc12)NC(=O)OCC1c2ccccc2-c2ccccc21. The van der Waals surface area contributed by atoms with E-state index in [1.807, 2.05) is 54.7 Å². The van der Waals surface area contributed by atoms with Crippen LogP contribution < -0.4 is 16.0 Å². The third-order valence-corrected chi connectivity index (χ3v) is 7.48. The van der Waals surface area contributed by atoms with E-state index in [1.165, 1.54) is 0 Å². The number of alkyl carbamates (subject to hydrolysis) is 1. The average molecular weight is 555 g/mol. The molecule has 1 heterocycles. The molecule has 1 aliphatic carbocycles. The molecule has 4 aromatic rings. The number of benzene rings is 3. The van der Waals surface area contributed by atoms with Gasteiger partial charge in [0.05, 0.1) is 0 Å². The first-order valence-corrected chi connectivity index (χ1v) is 13.9. The Morgan fingerprint density at radius 3 is 2.17 bits per heavy atom. The van der Waals surface area contributed by atoms with E-state index in [0.29, 0.717) is 32.4 Å². The van der Waals surface area contributed by atoms with Gasteiger partial charge in [0.25, 0.3) is 0 Å². The van der Waals surface area contributed by atoms with Crippen molar-refractivity contribution >= 4 is 29.0 Å². The van der Waals surface area contributed by atoms with Gasteiger partial charge in [-0.25, -0.2) is 9.59 Å². The molecule has 0 aliphatic heterocycles. The molecule has 3 amide bonds. The van der Waals surface area contributed by atoms with Gasteiger partial charge < -0.3 is 30.8 Å². The maximum atomic E-state index is 13.2. The summed E-state index contributed by atoms with van der Waals surface area (Å²) >= 11 is 0. The van der Waals surface area contributed by atoms with Gasteiger partial charge in [-0.2, -0.15) is 0 Å². The molecular weight excluding hydrogens is 520 g/mol. The fraction of sp³-hybridized carbons (Fsp3) is 0.281. The first kappa shape index (κ1) is 27.8. The number of carbonyl (C=O) groups excluding carboxylic acids is 2. The lowest BCUT2D eigenvalue weighted by atomic mass is 9.98. The Kier molecular flexibility index (Phi) is 8.83. The van der Waals surface area contributed by atoms with Crippen molar-refractivity contribution in [2.75, 3.05) is 19.7 Å². The summed E-state index contributed by atoms with van der Waals surface area (Å²) in [4.78, 5) is 40.1. The molecule has 1 aliphatic rings. The van der Waals surface area contributed by atoms with Crippen molar-refractivity contribution in [2.45, 2.75) is 37.6 Å². The monoisotopic (exact) mass is 554 g/mol. The molecule has 5 N–H and O–H groups in total. The van der Waals surface area contributed by atoms with E-state index in [4.69, 9.17) is 9.84 Å². The van der Waals surface area contributed by atoms with E-state index in [9.17, 15) is 14.4 Å². The molecule has 0 radical (unpaired) electrons. The van der Waals surface area contributed by atoms with Gasteiger partial charge in [0.1, 0.15) is 12.6 Å². The molecule has 5 rings (SSSR count). The maximum absolute atomic E-state index is 13.2. The smallest absolute Gasteiger partial charge is 0.407 e. The number of carbonyl (C=O) groups is 3. The quantitative estimate of drug-likeness (QED) is 0.154. The number of rotatable bonds is 12. The van der Waals surface area contributed by atoms with Crippen LogP contribution in [0.2, 0.25) is 0 Å². The largest absolute Gasteiger partial charge is 0.465 e. The number of aromatic amines is 1. The van der Waals surface area contributed by atoms with Crippen LogP contribution in [0.15, 0.2) is 79.0 Å². The molecule has 1 atom stereocenters. The van der Waals surface area contributed by atoms with Gasteiger partial charge >= 0.3 is 12.2 Å². The molecule has 0 bridgehead atoms. The zero-order valence-electron chi connectivity index (χ0n) is 22.7. The van der Waals surface area contributed by atoms with Gasteiger partial charge in [0.2, 0.25) is 5.91 Å². The van der Waals surface area contributed by atoms with Gasteiger partial charge in [0.15, 0.2) is 0 Å². The van der Waals surface area contributed by atoms with Crippen LogP contribution in [0.25, 0.3) is 22.0 Å². The lowest BCUT2D eigenvalue weighted by Gasteiger charge is -2.20. The highest BCUT2D eigenvalue weighted by Gasteiger charge is 2.30. The van der Waals surface area contributed by atoms with E-state index in [0.717, 1.165) is 45.1 Å². The Bertz CT molecular complexity index is 1490. The van der Waals surface area contributed by atoms with Gasteiger partial charge in [-0.05, 0) is 53.1 Å². The van der Waals surface area contributed by atoms with Crippen molar-refractivity contribution in [3.8, 4) is 11.1 Å². The van der Waals surface area contributed by atoms with E-state index in [1.54, 1.807) is 0 Å². The predicted octanol–water partition coefficient (Wildman–Crippen LogP) is 5.17. The Labute approximate surface area is 238 Å². The van der Waals surface area contributed by atoms with Crippen LogP contribution in [0, 0.1) is 0 Å². The molecule has 41 heavy (non-hydrogen) atoms. The van der Waals surface area contributed by atoms with Crippen LogP contribution in [0.3, 0.4) is 0 Å². The summed E-state index contributed by atoms with van der Waals surface area (Å²) in [5.41, 5.74) is 6.40. The van der Waals surface area contributed by atoms with Gasteiger partial charge in [-0.1, -0.05) is 66.7 Å². The number of nitrogens with one attached hydrogen (secondary N) is 4. The predicted molar refractivity (Wildman–Crippen MR) is 157 cm³/mol. The molecule has 0 fully saturated rings. The summed E-state index contributed by atoms with van der Waals surface area (Å²) in [5, 5.41) is 17.7. The van der Waals surface area contributed by atoms with E-state index in [-0.39, 0.29) is 18.4 Å². The zero-order chi connectivity index (χ0) is 28.6. The van der Waals surface area contributed by atoms with Crippen LogP contribution in [-0.4, -0.2) is 53.9 Å². The molecule has 3 aromatic carbocycles. The lowest BCUT2D eigenvalue weighted by Crippen LogP contribution is -2.48. The molecule has 0 saturated heterocycles. The molecule has 1 aromatic heterocycles. The lowest BCUT2D eigenvalue weighted by molar-refractivity contribution is -0.123. The number of fused-ring (bicyclic) bond motifs is 4. The summed E-state index contributed by atoms with van der Waals surface area (Å²) in [6, 6.07) is 23.3.